The van der Waals surface area contributed by atoms with Crippen molar-refractivity contribution in [1.82, 2.24) is 4.57 Å². The lowest BCUT2D eigenvalue weighted by molar-refractivity contribution is 0.732. The summed E-state index contributed by atoms with van der Waals surface area (Å²) in [7, 11) is 0. The van der Waals surface area contributed by atoms with Crippen LogP contribution in [0.25, 0.3) is 22.7 Å². The van der Waals surface area contributed by atoms with Gasteiger partial charge in [0.2, 0.25) is 0 Å². The Balaban J connectivity index is 0.00000112. The SMILES string of the molecule is CC.CC1C=CC=C(C(C)C2=Cc3c(n(-c4ccccc4)c4ccccc34)CC2)C=C1. The smallest absolute Gasteiger partial charge is 0.0537 e. The van der Waals surface area contributed by atoms with E-state index in [1.807, 2.05) is 13.8 Å². The van der Waals surface area contributed by atoms with Crippen LogP contribution in [-0.2, 0) is 6.42 Å². The summed E-state index contributed by atoms with van der Waals surface area (Å²) in [5.41, 5.74) is 8.34. The topological polar surface area (TPSA) is 4.93 Å². The summed E-state index contributed by atoms with van der Waals surface area (Å²) in [4.78, 5) is 0. The first kappa shape index (κ1) is 21.2. The first-order valence-electron chi connectivity index (χ1n) is 11.7. The molecule has 0 radical (unpaired) electrons. The number of benzene rings is 2. The zero-order valence-electron chi connectivity index (χ0n) is 19.2. The largest absolute Gasteiger partial charge is 0.313 e. The van der Waals surface area contributed by atoms with Gasteiger partial charge in [-0.05, 0) is 42.5 Å². The van der Waals surface area contributed by atoms with E-state index in [0.29, 0.717) is 11.8 Å². The Morgan fingerprint density at radius 3 is 2.45 bits per heavy atom. The van der Waals surface area contributed by atoms with Crippen LogP contribution in [0.4, 0.5) is 0 Å². The molecule has 2 aromatic carbocycles. The maximum Gasteiger partial charge on any atom is 0.0537 e. The van der Waals surface area contributed by atoms with Gasteiger partial charge >= 0.3 is 0 Å². The minimum absolute atomic E-state index is 0.438. The third kappa shape index (κ3) is 4.10. The van der Waals surface area contributed by atoms with E-state index in [9.17, 15) is 0 Å². The average Bonchev–Trinajstić information content (AvgIpc) is 3.00. The van der Waals surface area contributed by atoms with Gasteiger partial charge < -0.3 is 4.57 Å². The Morgan fingerprint density at radius 1 is 0.903 bits per heavy atom. The first-order valence-corrected chi connectivity index (χ1v) is 11.7. The molecule has 2 aliphatic rings. The number of allylic oxidation sites excluding steroid dienone is 7. The molecule has 0 fully saturated rings. The summed E-state index contributed by atoms with van der Waals surface area (Å²) < 4.78 is 2.46. The fourth-order valence-corrected chi connectivity index (χ4v) is 4.69. The van der Waals surface area contributed by atoms with Crippen LogP contribution in [0, 0.1) is 11.8 Å². The summed E-state index contributed by atoms with van der Waals surface area (Å²) in [5, 5.41) is 1.36. The fourth-order valence-electron chi connectivity index (χ4n) is 4.69. The Labute approximate surface area is 187 Å². The van der Waals surface area contributed by atoms with Gasteiger partial charge in [0, 0.05) is 28.2 Å². The van der Waals surface area contributed by atoms with Crippen molar-refractivity contribution in [2.45, 2.75) is 40.5 Å². The summed E-state index contributed by atoms with van der Waals surface area (Å²) in [6.45, 7) is 8.59. The van der Waals surface area contributed by atoms with Crippen molar-refractivity contribution in [3.63, 3.8) is 0 Å². The van der Waals surface area contributed by atoms with Crippen molar-refractivity contribution in [1.29, 1.82) is 0 Å². The monoisotopic (exact) mass is 407 g/mol. The molecule has 0 spiro atoms. The summed E-state index contributed by atoms with van der Waals surface area (Å²) >= 11 is 0. The van der Waals surface area contributed by atoms with Crippen molar-refractivity contribution < 1.29 is 0 Å². The number of fused-ring (bicyclic) bond motifs is 3. The zero-order chi connectivity index (χ0) is 21.8. The van der Waals surface area contributed by atoms with Crippen molar-refractivity contribution in [2.24, 2.45) is 11.8 Å². The predicted octanol–water partition coefficient (Wildman–Crippen LogP) is 8.31. The molecule has 2 aliphatic carbocycles. The normalized spacial score (nSPS) is 18.4. The average molecular weight is 408 g/mol. The predicted molar refractivity (Wildman–Crippen MR) is 136 cm³/mol. The van der Waals surface area contributed by atoms with Crippen LogP contribution in [0.1, 0.15) is 45.4 Å². The van der Waals surface area contributed by atoms with Crippen molar-refractivity contribution >= 4 is 17.0 Å². The molecule has 0 amide bonds. The van der Waals surface area contributed by atoms with Gasteiger partial charge in [-0.2, -0.15) is 0 Å². The highest BCUT2D eigenvalue weighted by atomic mass is 15.0. The quantitative estimate of drug-likeness (QED) is 0.411. The molecule has 2 unspecified atom stereocenters. The summed E-state index contributed by atoms with van der Waals surface area (Å²) in [6.07, 6.45) is 16.1. The van der Waals surface area contributed by atoms with Gasteiger partial charge in [-0.1, -0.05) is 106 Å². The van der Waals surface area contributed by atoms with Crippen LogP contribution in [0.3, 0.4) is 0 Å². The number of rotatable bonds is 3. The highest BCUT2D eigenvalue weighted by Gasteiger charge is 2.23. The van der Waals surface area contributed by atoms with E-state index in [1.165, 1.54) is 39.0 Å². The van der Waals surface area contributed by atoms with Gasteiger partial charge in [-0.3, -0.25) is 0 Å². The zero-order valence-corrected chi connectivity index (χ0v) is 19.2. The van der Waals surface area contributed by atoms with Gasteiger partial charge in [-0.25, -0.2) is 0 Å². The van der Waals surface area contributed by atoms with Crippen molar-refractivity contribution in [2.75, 3.05) is 0 Å². The number of hydrogen-bond donors (Lipinski definition) is 0. The second kappa shape index (κ2) is 9.39. The van der Waals surface area contributed by atoms with E-state index in [4.69, 9.17) is 0 Å². The molecule has 3 aromatic rings. The molecule has 1 aromatic heterocycles. The van der Waals surface area contributed by atoms with E-state index in [-0.39, 0.29) is 0 Å². The molecule has 2 atom stereocenters. The van der Waals surface area contributed by atoms with Crippen LogP contribution in [0.15, 0.2) is 96.1 Å². The summed E-state index contributed by atoms with van der Waals surface area (Å²) in [5.74, 6) is 0.944. The van der Waals surface area contributed by atoms with Gasteiger partial charge in [0.15, 0.2) is 0 Å². The van der Waals surface area contributed by atoms with E-state index in [2.05, 4.69) is 109 Å². The molecule has 158 valence electrons. The minimum Gasteiger partial charge on any atom is -0.313 e. The molecule has 0 aliphatic heterocycles. The Morgan fingerprint density at radius 2 is 1.65 bits per heavy atom. The number of para-hydroxylation sites is 2. The van der Waals surface area contributed by atoms with Crippen molar-refractivity contribution in [3.8, 4) is 5.69 Å². The Kier molecular flexibility index (Phi) is 6.42. The van der Waals surface area contributed by atoms with Crippen LogP contribution in [-0.4, -0.2) is 4.57 Å². The van der Waals surface area contributed by atoms with Crippen LogP contribution < -0.4 is 0 Å². The lowest BCUT2D eigenvalue weighted by atomic mass is 9.84. The third-order valence-corrected chi connectivity index (χ3v) is 6.36. The van der Waals surface area contributed by atoms with Crippen molar-refractivity contribution in [3.05, 3.63) is 107 Å². The maximum atomic E-state index is 2.47. The summed E-state index contributed by atoms with van der Waals surface area (Å²) in [6, 6.07) is 19.6. The lowest BCUT2D eigenvalue weighted by Crippen LogP contribution is -2.10. The molecule has 31 heavy (non-hydrogen) atoms. The van der Waals surface area contributed by atoms with Gasteiger partial charge in [0.1, 0.15) is 0 Å². The van der Waals surface area contributed by atoms with E-state index < -0.39 is 0 Å². The molecule has 0 saturated heterocycles. The van der Waals surface area contributed by atoms with Gasteiger partial charge in [0.05, 0.1) is 5.52 Å². The van der Waals surface area contributed by atoms with E-state index in [1.54, 1.807) is 0 Å². The van der Waals surface area contributed by atoms with E-state index >= 15 is 0 Å². The van der Waals surface area contributed by atoms with Crippen LogP contribution >= 0.6 is 0 Å². The second-order valence-corrected chi connectivity index (χ2v) is 8.26. The standard InChI is InChI=1S/C28H27N.C2H6/c1-20-9-8-10-22(16-15-20)21(2)23-17-18-28-26(19-23)25-13-6-7-14-27(25)29(28)24-11-4-3-5-12-24;1-2/h3-16,19-21H,17-18H2,1-2H3;1-2H3. The third-order valence-electron chi connectivity index (χ3n) is 6.36. The van der Waals surface area contributed by atoms with Crippen LogP contribution in [0.2, 0.25) is 0 Å². The number of hydrogen-bond acceptors (Lipinski definition) is 0. The highest BCUT2D eigenvalue weighted by Crippen LogP contribution is 2.39. The minimum atomic E-state index is 0.438. The molecular weight excluding hydrogens is 374 g/mol. The molecular formula is C30H33N. The van der Waals surface area contributed by atoms with E-state index in [0.717, 1.165) is 12.8 Å². The number of aromatic nitrogens is 1. The molecule has 1 nitrogen and oxygen atoms in total. The highest BCUT2D eigenvalue weighted by molar-refractivity contribution is 5.93. The molecule has 0 N–H and O–H groups in total. The molecule has 1 heterocycles. The van der Waals surface area contributed by atoms with Gasteiger partial charge in [0.25, 0.3) is 0 Å². The first-order chi connectivity index (χ1) is 15.2. The Bertz CT molecular complexity index is 1170. The lowest BCUT2D eigenvalue weighted by Gasteiger charge is -2.22. The van der Waals surface area contributed by atoms with Gasteiger partial charge in [-0.15, -0.1) is 0 Å². The molecule has 0 bridgehead atoms. The molecule has 1 heteroatoms. The molecule has 0 saturated carbocycles. The van der Waals surface area contributed by atoms with Crippen LogP contribution in [0.5, 0.6) is 0 Å². The maximum absolute atomic E-state index is 2.47. The second-order valence-electron chi connectivity index (χ2n) is 8.26. The fraction of sp³-hybridized carbons (Fsp3) is 0.267. The number of nitrogens with zero attached hydrogens (tertiary/aromatic N) is 1. The Hall–Kier alpha value is -3.06. The molecule has 5 rings (SSSR count).